The summed E-state index contributed by atoms with van der Waals surface area (Å²) in [6, 6.07) is 37.5. The summed E-state index contributed by atoms with van der Waals surface area (Å²) in [7, 11) is 0. The van der Waals surface area contributed by atoms with E-state index in [2.05, 4.69) is 145 Å². The Kier molecular flexibility index (Phi) is 7.80. The zero-order valence-corrected chi connectivity index (χ0v) is 24.2. The first-order valence-corrected chi connectivity index (χ1v) is 16.6. The van der Waals surface area contributed by atoms with Gasteiger partial charge in [-0.2, -0.15) is 0 Å². The second kappa shape index (κ2) is 10.5. The molecule has 2 heteroatoms. The third-order valence-electron chi connectivity index (χ3n) is 7.59. The molecule has 36 heavy (non-hydrogen) atoms. The Labute approximate surface area is 223 Å². The molecule has 0 unspecified atom stereocenters. The fourth-order valence-corrected chi connectivity index (χ4v) is 11.7. The van der Waals surface area contributed by atoms with Gasteiger partial charge < -0.3 is 0 Å². The Balaban J connectivity index is 2.16. The number of halogens is 1. The van der Waals surface area contributed by atoms with Crippen LogP contribution in [-0.4, -0.2) is 0 Å². The normalized spacial score (nSPS) is 13.2. The van der Waals surface area contributed by atoms with Crippen LogP contribution in [0.25, 0.3) is 0 Å². The summed E-state index contributed by atoms with van der Waals surface area (Å²) in [6.45, 7) is 13.9. The molecule has 4 aromatic carbocycles. The van der Waals surface area contributed by atoms with E-state index in [0.717, 1.165) is 6.16 Å². The fourth-order valence-electron chi connectivity index (χ4n) is 5.52. The van der Waals surface area contributed by atoms with Crippen molar-refractivity contribution in [2.45, 2.75) is 65.5 Å². The summed E-state index contributed by atoms with van der Waals surface area (Å²) in [5, 5.41) is 3.67. The molecule has 4 rings (SSSR count). The van der Waals surface area contributed by atoms with Crippen LogP contribution in [0.2, 0.25) is 0 Å². The molecule has 4 aromatic rings. The third kappa shape index (κ3) is 4.67. The molecule has 0 aromatic heterocycles. The van der Waals surface area contributed by atoms with Crippen LogP contribution < -0.4 is 15.9 Å². The number of hydrogen-bond acceptors (Lipinski definition) is 0. The van der Waals surface area contributed by atoms with Gasteiger partial charge in [0.25, 0.3) is 0 Å². The minimum atomic E-state index is -3.42. The number of benzene rings is 4. The topological polar surface area (TPSA) is 0 Å². The average Bonchev–Trinajstić information content (AvgIpc) is 2.90. The van der Waals surface area contributed by atoms with Crippen LogP contribution in [0.4, 0.5) is 0 Å². The fraction of sp³-hybridized carbons (Fsp3) is 0.294. The van der Waals surface area contributed by atoms with E-state index in [0.29, 0.717) is 17.8 Å². The molecule has 0 aliphatic rings. The van der Waals surface area contributed by atoms with E-state index in [-0.39, 0.29) is 0 Å². The molecule has 0 fully saturated rings. The van der Waals surface area contributed by atoms with Crippen LogP contribution in [0.5, 0.6) is 0 Å². The molecule has 0 bridgehead atoms. The molecule has 0 aliphatic heterocycles. The van der Waals surface area contributed by atoms with Gasteiger partial charge in [0.05, 0.1) is 0 Å². The molecule has 0 nitrogen and oxygen atoms in total. The number of hydrogen-bond donors (Lipinski definition) is 0. The first-order valence-electron chi connectivity index (χ1n) is 13.2. The van der Waals surface area contributed by atoms with Crippen LogP contribution >= 0.6 is 17.2 Å². The summed E-state index contributed by atoms with van der Waals surface area (Å²) in [4.78, 5) is 0. The molecule has 0 N–H and O–H groups in total. The van der Waals surface area contributed by atoms with E-state index in [1.807, 2.05) is 0 Å². The summed E-state index contributed by atoms with van der Waals surface area (Å²) >= 11 is 8.49. The molecule has 0 amide bonds. The van der Waals surface area contributed by atoms with E-state index in [1.165, 1.54) is 38.2 Å². The third-order valence-corrected chi connectivity index (χ3v) is 14.7. The molecule has 0 atom stereocenters. The molecule has 0 heterocycles. The molecular weight excluding hydrogens is 475 g/mol. The van der Waals surface area contributed by atoms with Crippen molar-refractivity contribution in [3.05, 3.63) is 125 Å². The van der Waals surface area contributed by atoms with E-state index >= 15 is 0 Å². The zero-order valence-electron chi connectivity index (χ0n) is 22.6. The Morgan fingerprint density at radius 3 is 1.14 bits per heavy atom. The second-order valence-electron chi connectivity index (χ2n) is 11.0. The molecule has 0 radical (unpaired) electrons. The predicted molar refractivity (Wildman–Crippen MR) is 163 cm³/mol. The Morgan fingerprint density at radius 2 is 0.861 bits per heavy atom. The Bertz CT molecular complexity index is 1160. The van der Waals surface area contributed by atoms with Crippen molar-refractivity contribution in [1.29, 1.82) is 0 Å². The summed E-state index contributed by atoms with van der Waals surface area (Å²) in [5.74, 6) is -2.12. The SMILES string of the molecule is CC(C)c1cc(C(C)C)c(CP(Cl)(c2ccccc2)(c2ccccc2)c2ccccc2)c(C(C)C)c1. The van der Waals surface area contributed by atoms with E-state index in [9.17, 15) is 0 Å². The van der Waals surface area contributed by atoms with Gasteiger partial charge >= 0.3 is 224 Å². The van der Waals surface area contributed by atoms with Gasteiger partial charge in [0, 0.05) is 0 Å². The first kappa shape index (κ1) is 26.7. The second-order valence-corrected chi connectivity index (χ2v) is 17.5. The van der Waals surface area contributed by atoms with Gasteiger partial charge in [-0.15, -0.1) is 0 Å². The zero-order chi connectivity index (χ0) is 25.9. The van der Waals surface area contributed by atoms with Gasteiger partial charge in [-0.25, -0.2) is 0 Å². The van der Waals surface area contributed by atoms with E-state index in [4.69, 9.17) is 11.2 Å². The van der Waals surface area contributed by atoms with Crippen molar-refractivity contribution < 1.29 is 0 Å². The maximum atomic E-state index is 8.49. The van der Waals surface area contributed by atoms with Gasteiger partial charge in [0.2, 0.25) is 0 Å². The Morgan fingerprint density at radius 1 is 0.528 bits per heavy atom. The molecule has 0 saturated carbocycles. The van der Waals surface area contributed by atoms with Crippen molar-refractivity contribution in [2.75, 3.05) is 0 Å². The van der Waals surface area contributed by atoms with Crippen molar-refractivity contribution in [1.82, 2.24) is 0 Å². The number of rotatable bonds is 8. The van der Waals surface area contributed by atoms with Crippen LogP contribution in [0.15, 0.2) is 103 Å². The van der Waals surface area contributed by atoms with Crippen LogP contribution in [0.3, 0.4) is 0 Å². The van der Waals surface area contributed by atoms with Crippen molar-refractivity contribution in [3.8, 4) is 0 Å². The molecular formula is C34H40ClP. The Hall–Kier alpha value is -2.40. The van der Waals surface area contributed by atoms with Gasteiger partial charge in [0.15, 0.2) is 0 Å². The quantitative estimate of drug-likeness (QED) is 0.205. The van der Waals surface area contributed by atoms with Crippen LogP contribution in [0, 0.1) is 0 Å². The van der Waals surface area contributed by atoms with Gasteiger partial charge in [-0.1, -0.05) is 0 Å². The van der Waals surface area contributed by atoms with Crippen LogP contribution in [-0.2, 0) is 6.16 Å². The molecule has 188 valence electrons. The molecule has 0 aliphatic carbocycles. The van der Waals surface area contributed by atoms with Crippen LogP contribution in [0.1, 0.15) is 81.5 Å². The van der Waals surface area contributed by atoms with Gasteiger partial charge in [-0.05, 0) is 0 Å². The van der Waals surface area contributed by atoms with Crippen molar-refractivity contribution in [3.63, 3.8) is 0 Å². The monoisotopic (exact) mass is 514 g/mol. The average molecular weight is 515 g/mol. The summed E-state index contributed by atoms with van der Waals surface area (Å²) in [6.07, 6.45) is 0.796. The standard InChI is InChI=1S/C34H40ClP/c1-25(2)28-22-32(26(3)4)34(33(23-28)27(5)6)24-36(35,29-16-10-7-11-17-29,30-18-12-8-13-19-30)31-20-14-9-15-21-31/h7-23,25-27H,24H2,1-6H3. The van der Waals surface area contributed by atoms with Gasteiger partial charge in [0.1, 0.15) is 0 Å². The first-order chi connectivity index (χ1) is 17.2. The van der Waals surface area contributed by atoms with Crippen molar-refractivity contribution >= 4 is 33.1 Å². The summed E-state index contributed by atoms with van der Waals surface area (Å²) < 4.78 is 0. The van der Waals surface area contributed by atoms with E-state index in [1.54, 1.807) is 0 Å². The molecule has 0 spiro atoms. The van der Waals surface area contributed by atoms with Crippen molar-refractivity contribution in [2.24, 2.45) is 0 Å². The van der Waals surface area contributed by atoms with Gasteiger partial charge in [-0.3, -0.25) is 0 Å². The minimum absolute atomic E-state index is 0.407. The predicted octanol–water partition coefficient (Wildman–Crippen LogP) is 9.24. The van der Waals surface area contributed by atoms with E-state index < -0.39 is 5.96 Å². The maximum absolute atomic E-state index is 8.49. The summed E-state index contributed by atoms with van der Waals surface area (Å²) in [5.41, 5.74) is 5.71. The molecule has 0 saturated heterocycles.